The summed E-state index contributed by atoms with van der Waals surface area (Å²) in [5.74, 6) is -1.77. The highest BCUT2D eigenvalue weighted by molar-refractivity contribution is 5.92. The Balaban J connectivity index is 3.04. The molecule has 0 atom stereocenters. The lowest BCUT2D eigenvalue weighted by atomic mass is 9.98. The number of hydrogen-bond donors (Lipinski definition) is 1. The van der Waals surface area contributed by atoms with Crippen LogP contribution in [0.25, 0.3) is 0 Å². The molecule has 0 heterocycles. The van der Waals surface area contributed by atoms with E-state index in [4.69, 9.17) is 5.11 Å². The molecule has 3 heteroatoms. The number of aliphatic carboxylic acids is 1. The lowest BCUT2D eigenvalue weighted by Crippen LogP contribution is -2.07. The van der Waals surface area contributed by atoms with E-state index in [2.05, 4.69) is 0 Å². The van der Waals surface area contributed by atoms with E-state index < -0.39 is 11.8 Å². The van der Waals surface area contributed by atoms with Crippen LogP contribution in [0.3, 0.4) is 0 Å². The van der Waals surface area contributed by atoms with E-state index in [-0.39, 0.29) is 5.57 Å². The fourth-order valence-corrected chi connectivity index (χ4v) is 1.13. The Hall–Kier alpha value is -1.12. The number of allylic oxidation sites excluding steroid dienone is 2. The maximum Gasteiger partial charge on any atom is 0.338 e. The Morgan fingerprint density at radius 1 is 1.73 bits per heavy atom. The summed E-state index contributed by atoms with van der Waals surface area (Å²) in [5.41, 5.74) is 0.466. The molecule has 0 aliphatic heterocycles. The monoisotopic (exact) mass is 156 g/mol. The number of carboxylic acids is 1. The lowest BCUT2D eigenvalue weighted by molar-refractivity contribution is -0.132. The highest BCUT2D eigenvalue weighted by atomic mass is 19.1. The Morgan fingerprint density at radius 3 is 2.73 bits per heavy atom. The summed E-state index contributed by atoms with van der Waals surface area (Å²) >= 11 is 0. The van der Waals surface area contributed by atoms with Crippen molar-refractivity contribution >= 4 is 5.97 Å². The summed E-state index contributed by atoms with van der Waals surface area (Å²) < 4.78 is 12.8. The quantitative estimate of drug-likeness (QED) is 0.630. The van der Waals surface area contributed by atoms with Crippen LogP contribution < -0.4 is 0 Å². The third-order valence-corrected chi connectivity index (χ3v) is 1.72. The van der Waals surface area contributed by atoms with Crippen LogP contribution in [0.15, 0.2) is 23.0 Å². The van der Waals surface area contributed by atoms with E-state index in [1.807, 2.05) is 0 Å². The molecule has 0 unspecified atom stereocenters. The smallest absolute Gasteiger partial charge is 0.338 e. The first-order chi connectivity index (χ1) is 5.13. The van der Waals surface area contributed by atoms with Crippen molar-refractivity contribution in [2.24, 2.45) is 0 Å². The number of hydrogen-bond acceptors (Lipinski definition) is 1. The SMILES string of the molecule is CC1=C(C(=O)O)C(F)=CCC1. The summed E-state index contributed by atoms with van der Waals surface area (Å²) in [6.45, 7) is 1.65. The fourth-order valence-electron chi connectivity index (χ4n) is 1.13. The molecular weight excluding hydrogens is 147 g/mol. The maximum absolute atomic E-state index is 12.8. The standard InChI is InChI=1S/C8H9FO2/c1-5-3-2-4-6(9)7(5)8(10)11/h4H,2-3H2,1H3,(H,10,11). The largest absolute Gasteiger partial charge is 0.478 e. The molecule has 0 aromatic carbocycles. The molecule has 2 nitrogen and oxygen atoms in total. The van der Waals surface area contributed by atoms with Crippen LogP contribution in [-0.2, 0) is 4.79 Å². The minimum atomic E-state index is -1.17. The highest BCUT2D eigenvalue weighted by Crippen LogP contribution is 2.25. The molecule has 60 valence electrons. The number of carbonyl (C=O) groups is 1. The molecule has 0 aromatic rings. The van der Waals surface area contributed by atoms with Gasteiger partial charge in [0, 0.05) is 0 Å². The van der Waals surface area contributed by atoms with Gasteiger partial charge in [0.15, 0.2) is 0 Å². The fraction of sp³-hybridized carbons (Fsp3) is 0.375. The predicted octanol–water partition coefficient (Wildman–Crippen LogP) is 2.03. The Labute approximate surface area is 64.0 Å². The van der Waals surface area contributed by atoms with Gasteiger partial charge in [-0.25, -0.2) is 9.18 Å². The second kappa shape index (κ2) is 2.86. The van der Waals surface area contributed by atoms with E-state index in [0.717, 1.165) is 0 Å². The molecule has 0 saturated heterocycles. The summed E-state index contributed by atoms with van der Waals surface area (Å²) in [6.07, 6.45) is 2.57. The topological polar surface area (TPSA) is 37.3 Å². The van der Waals surface area contributed by atoms with Gasteiger partial charge in [0.1, 0.15) is 5.83 Å². The van der Waals surface area contributed by atoms with Gasteiger partial charge in [0.2, 0.25) is 0 Å². The summed E-state index contributed by atoms with van der Waals surface area (Å²) in [7, 11) is 0. The second-order valence-corrected chi connectivity index (χ2v) is 2.55. The third-order valence-electron chi connectivity index (χ3n) is 1.72. The van der Waals surface area contributed by atoms with Gasteiger partial charge >= 0.3 is 5.97 Å². The molecule has 1 N–H and O–H groups in total. The normalized spacial score (nSPS) is 18.2. The average molecular weight is 156 g/mol. The van der Waals surface area contributed by atoms with Gasteiger partial charge in [-0.1, -0.05) is 5.57 Å². The zero-order valence-corrected chi connectivity index (χ0v) is 6.22. The molecule has 1 aliphatic carbocycles. The molecule has 0 aromatic heterocycles. The van der Waals surface area contributed by atoms with Crippen molar-refractivity contribution < 1.29 is 14.3 Å². The van der Waals surface area contributed by atoms with Crippen molar-refractivity contribution in [2.75, 3.05) is 0 Å². The second-order valence-electron chi connectivity index (χ2n) is 2.55. The molecule has 0 fully saturated rings. The van der Waals surface area contributed by atoms with Crippen LogP contribution in [0.1, 0.15) is 19.8 Å². The molecule has 0 bridgehead atoms. The summed E-state index contributed by atoms with van der Waals surface area (Å²) in [6, 6.07) is 0. The Bertz CT molecular complexity index is 251. The minimum absolute atomic E-state index is 0.156. The number of rotatable bonds is 1. The first kappa shape index (κ1) is 7.98. The van der Waals surface area contributed by atoms with Crippen molar-refractivity contribution in [3.05, 3.63) is 23.0 Å². The van der Waals surface area contributed by atoms with Gasteiger partial charge in [-0.05, 0) is 25.8 Å². The zero-order chi connectivity index (χ0) is 8.43. The van der Waals surface area contributed by atoms with Gasteiger partial charge in [-0.15, -0.1) is 0 Å². The maximum atomic E-state index is 12.8. The molecular formula is C8H9FO2. The first-order valence-corrected chi connectivity index (χ1v) is 3.42. The van der Waals surface area contributed by atoms with Gasteiger partial charge in [-0.3, -0.25) is 0 Å². The molecule has 0 spiro atoms. The molecule has 1 aliphatic rings. The molecule has 0 saturated carbocycles. The Morgan fingerprint density at radius 2 is 2.36 bits per heavy atom. The van der Waals surface area contributed by atoms with Crippen molar-refractivity contribution in [1.29, 1.82) is 0 Å². The average Bonchev–Trinajstić information content (AvgIpc) is 1.85. The van der Waals surface area contributed by atoms with Crippen LogP contribution in [0, 0.1) is 0 Å². The van der Waals surface area contributed by atoms with E-state index in [9.17, 15) is 9.18 Å². The van der Waals surface area contributed by atoms with E-state index >= 15 is 0 Å². The van der Waals surface area contributed by atoms with Crippen LogP contribution in [-0.4, -0.2) is 11.1 Å². The summed E-state index contributed by atoms with van der Waals surface area (Å²) in [4.78, 5) is 10.4. The van der Waals surface area contributed by atoms with Crippen molar-refractivity contribution in [3.63, 3.8) is 0 Å². The molecule has 0 radical (unpaired) electrons. The van der Waals surface area contributed by atoms with Gasteiger partial charge in [-0.2, -0.15) is 0 Å². The molecule has 11 heavy (non-hydrogen) atoms. The van der Waals surface area contributed by atoms with Crippen LogP contribution in [0.4, 0.5) is 4.39 Å². The van der Waals surface area contributed by atoms with Gasteiger partial charge < -0.3 is 5.11 Å². The molecule has 1 rings (SSSR count). The van der Waals surface area contributed by atoms with Crippen LogP contribution >= 0.6 is 0 Å². The van der Waals surface area contributed by atoms with Crippen LogP contribution in [0.5, 0.6) is 0 Å². The van der Waals surface area contributed by atoms with E-state index in [1.165, 1.54) is 6.08 Å². The van der Waals surface area contributed by atoms with Crippen molar-refractivity contribution in [2.45, 2.75) is 19.8 Å². The van der Waals surface area contributed by atoms with Gasteiger partial charge in [0.05, 0.1) is 5.57 Å². The zero-order valence-electron chi connectivity index (χ0n) is 6.22. The number of halogens is 1. The minimum Gasteiger partial charge on any atom is -0.478 e. The van der Waals surface area contributed by atoms with Crippen molar-refractivity contribution in [3.8, 4) is 0 Å². The van der Waals surface area contributed by atoms with E-state index in [1.54, 1.807) is 6.92 Å². The highest BCUT2D eigenvalue weighted by Gasteiger charge is 2.19. The first-order valence-electron chi connectivity index (χ1n) is 3.42. The molecule has 0 amide bonds. The number of carboxylic acid groups (broad SMARTS) is 1. The van der Waals surface area contributed by atoms with Crippen LogP contribution in [0.2, 0.25) is 0 Å². The third kappa shape index (κ3) is 1.48. The van der Waals surface area contributed by atoms with E-state index in [0.29, 0.717) is 18.4 Å². The lowest BCUT2D eigenvalue weighted by Gasteiger charge is -2.09. The summed E-state index contributed by atoms with van der Waals surface area (Å²) in [5, 5.41) is 8.54. The predicted molar refractivity (Wildman–Crippen MR) is 38.8 cm³/mol. The van der Waals surface area contributed by atoms with Gasteiger partial charge in [0.25, 0.3) is 0 Å². The van der Waals surface area contributed by atoms with Crippen molar-refractivity contribution in [1.82, 2.24) is 0 Å². The Kier molecular flexibility index (Phi) is 2.08.